The van der Waals surface area contributed by atoms with Crippen LogP contribution < -0.4 is 15.5 Å². The molecule has 0 radical (unpaired) electrons. The molecule has 1 aliphatic heterocycles. The molecule has 1 saturated carbocycles. The number of piperazine rings is 1. The molecule has 1 amide bonds. The fraction of sp³-hybridized carbons (Fsp3) is 0.421. The molecule has 2 aliphatic rings. The van der Waals surface area contributed by atoms with Crippen molar-refractivity contribution in [2.45, 2.75) is 25.7 Å². The Hall–Kier alpha value is -2.63. The fourth-order valence-electron chi connectivity index (χ4n) is 3.29. The maximum absolute atomic E-state index is 11.2. The number of nitrogens with zero attached hydrogens (tertiary/aromatic N) is 4. The summed E-state index contributed by atoms with van der Waals surface area (Å²) >= 11 is 0. The van der Waals surface area contributed by atoms with Crippen LogP contribution in [-0.4, -0.2) is 42.1 Å². The van der Waals surface area contributed by atoms with Crippen LogP contribution in [0.1, 0.15) is 40.6 Å². The van der Waals surface area contributed by atoms with E-state index in [9.17, 15) is 4.79 Å². The van der Waals surface area contributed by atoms with E-state index in [4.69, 9.17) is 10.7 Å². The third-order valence-electron chi connectivity index (χ3n) is 4.92. The Morgan fingerprint density at radius 3 is 2.28 bits per heavy atom. The van der Waals surface area contributed by atoms with E-state index in [1.807, 2.05) is 19.1 Å². The average molecular weight is 337 g/mol. The zero-order chi connectivity index (χ0) is 17.4. The Morgan fingerprint density at radius 1 is 1.04 bits per heavy atom. The van der Waals surface area contributed by atoms with Crippen molar-refractivity contribution in [2.75, 3.05) is 36.0 Å². The lowest BCUT2D eigenvalue weighted by molar-refractivity contribution is 0.100. The number of primary amides is 1. The van der Waals surface area contributed by atoms with Crippen LogP contribution in [0.15, 0.2) is 30.3 Å². The number of hydrogen-bond acceptors (Lipinski definition) is 5. The molecule has 6 nitrogen and oxygen atoms in total. The van der Waals surface area contributed by atoms with Gasteiger partial charge >= 0.3 is 0 Å². The van der Waals surface area contributed by atoms with Crippen molar-refractivity contribution in [2.24, 2.45) is 5.73 Å². The highest BCUT2D eigenvalue weighted by molar-refractivity contribution is 5.93. The molecule has 0 bridgehead atoms. The summed E-state index contributed by atoms with van der Waals surface area (Å²) in [7, 11) is 0. The lowest BCUT2D eigenvalue weighted by atomic mass is 10.1. The molecule has 2 heterocycles. The third kappa shape index (κ3) is 3.43. The van der Waals surface area contributed by atoms with Crippen LogP contribution in [0.5, 0.6) is 0 Å². The zero-order valence-corrected chi connectivity index (χ0v) is 14.5. The predicted octanol–water partition coefficient (Wildman–Crippen LogP) is 2.09. The normalized spacial score (nSPS) is 17.6. The molecule has 0 spiro atoms. The van der Waals surface area contributed by atoms with Gasteiger partial charge in [-0.2, -0.15) is 0 Å². The van der Waals surface area contributed by atoms with Crippen molar-refractivity contribution in [3.8, 4) is 0 Å². The Balaban J connectivity index is 1.43. The number of carbonyl (C=O) groups excluding carboxylic acids is 1. The number of benzene rings is 1. The fourth-order valence-corrected chi connectivity index (χ4v) is 3.29. The van der Waals surface area contributed by atoms with Gasteiger partial charge in [0.05, 0.1) is 0 Å². The van der Waals surface area contributed by atoms with Crippen LogP contribution in [-0.2, 0) is 0 Å². The maximum atomic E-state index is 11.2. The van der Waals surface area contributed by atoms with Gasteiger partial charge in [0.1, 0.15) is 11.6 Å². The molecule has 1 aromatic carbocycles. The molecule has 4 rings (SSSR count). The van der Waals surface area contributed by atoms with E-state index in [2.05, 4.69) is 20.9 Å². The van der Waals surface area contributed by atoms with Crippen LogP contribution in [0.2, 0.25) is 0 Å². The van der Waals surface area contributed by atoms with Crippen LogP contribution >= 0.6 is 0 Å². The van der Waals surface area contributed by atoms with Gasteiger partial charge in [-0.15, -0.1) is 0 Å². The van der Waals surface area contributed by atoms with E-state index in [1.54, 1.807) is 12.1 Å². The van der Waals surface area contributed by atoms with E-state index < -0.39 is 0 Å². The van der Waals surface area contributed by atoms with E-state index in [-0.39, 0.29) is 5.91 Å². The number of anilines is 2. The first kappa shape index (κ1) is 15.9. The van der Waals surface area contributed by atoms with Crippen molar-refractivity contribution in [3.05, 3.63) is 47.4 Å². The van der Waals surface area contributed by atoms with E-state index in [0.29, 0.717) is 11.5 Å². The van der Waals surface area contributed by atoms with Crippen molar-refractivity contribution in [3.63, 3.8) is 0 Å². The van der Waals surface area contributed by atoms with Gasteiger partial charge in [0.25, 0.3) is 0 Å². The highest BCUT2D eigenvalue weighted by atomic mass is 16.1. The standard InChI is InChI=1S/C19H23N5O/c1-13-12-17(22-19(21-13)15-2-3-15)24-10-8-23(9-11-24)16-6-4-14(5-7-16)18(20)25/h4-7,12,15H,2-3,8-11H2,1H3,(H2,20,25). The minimum atomic E-state index is -0.387. The summed E-state index contributed by atoms with van der Waals surface area (Å²) in [5.74, 6) is 2.25. The largest absolute Gasteiger partial charge is 0.368 e. The Kier molecular flexibility index (Phi) is 4.03. The van der Waals surface area contributed by atoms with E-state index in [0.717, 1.165) is 49.2 Å². The first-order chi connectivity index (χ1) is 12.1. The van der Waals surface area contributed by atoms with E-state index in [1.165, 1.54) is 12.8 Å². The zero-order valence-electron chi connectivity index (χ0n) is 14.5. The van der Waals surface area contributed by atoms with Gasteiger partial charge < -0.3 is 15.5 Å². The van der Waals surface area contributed by atoms with E-state index >= 15 is 0 Å². The summed E-state index contributed by atoms with van der Waals surface area (Å²) in [6.45, 7) is 5.76. The number of aryl methyl sites for hydroxylation is 1. The van der Waals surface area contributed by atoms with Crippen molar-refractivity contribution in [1.82, 2.24) is 9.97 Å². The Morgan fingerprint density at radius 2 is 1.68 bits per heavy atom. The highest BCUT2D eigenvalue weighted by Gasteiger charge is 2.28. The number of hydrogen-bond donors (Lipinski definition) is 1. The average Bonchev–Trinajstić information content (AvgIpc) is 3.47. The molecule has 1 saturated heterocycles. The number of aromatic nitrogens is 2. The topological polar surface area (TPSA) is 75.3 Å². The highest BCUT2D eigenvalue weighted by Crippen LogP contribution is 2.38. The molecule has 0 atom stereocenters. The summed E-state index contributed by atoms with van der Waals surface area (Å²) in [6.07, 6.45) is 2.44. The second-order valence-corrected chi connectivity index (χ2v) is 6.89. The summed E-state index contributed by atoms with van der Waals surface area (Å²) < 4.78 is 0. The van der Waals surface area contributed by atoms with Crippen molar-refractivity contribution < 1.29 is 4.79 Å². The number of nitrogens with two attached hydrogens (primary N) is 1. The first-order valence-electron chi connectivity index (χ1n) is 8.85. The molecule has 1 aliphatic carbocycles. The second kappa shape index (κ2) is 6.35. The van der Waals surface area contributed by atoms with Gasteiger partial charge in [0.2, 0.25) is 5.91 Å². The molecule has 6 heteroatoms. The Labute approximate surface area is 147 Å². The van der Waals surface area contributed by atoms with Gasteiger partial charge in [-0.3, -0.25) is 4.79 Å². The number of carbonyl (C=O) groups is 1. The minimum absolute atomic E-state index is 0.387. The quantitative estimate of drug-likeness (QED) is 0.924. The minimum Gasteiger partial charge on any atom is -0.368 e. The monoisotopic (exact) mass is 337 g/mol. The molecule has 2 N–H and O–H groups in total. The lowest BCUT2D eigenvalue weighted by Crippen LogP contribution is -2.47. The molecule has 1 aromatic heterocycles. The van der Waals surface area contributed by atoms with Crippen molar-refractivity contribution in [1.29, 1.82) is 0 Å². The summed E-state index contributed by atoms with van der Waals surface area (Å²) in [6, 6.07) is 9.61. The number of rotatable bonds is 4. The molecule has 25 heavy (non-hydrogen) atoms. The summed E-state index contributed by atoms with van der Waals surface area (Å²) in [5.41, 5.74) is 8.03. The van der Waals surface area contributed by atoms with Gasteiger partial charge in [0, 0.05) is 55.1 Å². The molecular formula is C19H23N5O. The van der Waals surface area contributed by atoms with Gasteiger partial charge in [-0.1, -0.05) is 0 Å². The smallest absolute Gasteiger partial charge is 0.248 e. The molecule has 2 fully saturated rings. The Bertz CT molecular complexity index is 777. The van der Waals surface area contributed by atoms with Gasteiger partial charge in [0.15, 0.2) is 0 Å². The molecule has 130 valence electrons. The molecule has 2 aromatic rings. The van der Waals surface area contributed by atoms with Gasteiger partial charge in [-0.05, 0) is 44.0 Å². The van der Waals surface area contributed by atoms with Crippen LogP contribution in [0.4, 0.5) is 11.5 Å². The molecule has 0 unspecified atom stereocenters. The number of amides is 1. The van der Waals surface area contributed by atoms with Gasteiger partial charge in [-0.25, -0.2) is 9.97 Å². The van der Waals surface area contributed by atoms with Crippen LogP contribution in [0, 0.1) is 6.92 Å². The summed E-state index contributed by atoms with van der Waals surface area (Å²) in [4.78, 5) is 25.2. The summed E-state index contributed by atoms with van der Waals surface area (Å²) in [5, 5.41) is 0. The van der Waals surface area contributed by atoms with Crippen molar-refractivity contribution >= 4 is 17.4 Å². The van der Waals surface area contributed by atoms with Crippen LogP contribution in [0.3, 0.4) is 0 Å². The predicted molar refractivity (Wildman–Crippen MR) is 98.1 cm³/mol. The first-order valence-corrected chi connectivity index (χ1v) is 8.85. The third-order valence-corrected chi connectivity index (χ3v) is 4.92. The SMILES string of the molecule is Cc1cc(N2CCN(c3ccc(C(N)=O)cc3)CC2)nc(C2CC2)n1. The molecular weight excluding hydrogens is 314 g/mol. The lowest BCUT2D eigenvalue weighted by Gasteiger charge is -2.37. The van der Waals surface area contributed by atoms with Crippen LogP contribution in [0.25, 0.3) is 0 Å². The second-order valence-electron chi connectivity index (χ2n) is 6.89. The maximum Gasteiger partial charge on any atom is 0.248 e.